The maximum absolute atomic E-state index is 12.9. The van der Waals surface area contributed by atoms with Crippen molar-refractivity contribution in [1.82, 2.24) is 8.87 Å². The predicted octanol–water partition coefficient (Wildman–Crippen LogP) is 4.31. The molecule has 0 atom stereocenters. The molecule has 1 saturated heterocycles. The number of sulfonamides is 1. The molecule has 2 heterocycles. The highest BCUT2D eigenvalue weighted by atomic mass is 35.5. The van der Waals surface area contributed by atoms with Crippen molar-refractivity contribution in [2.24, 2.45) is 4.99 Å². The van der Waals surface area contributed by atoms with Gasteiger partial charge in [-0.2, -0.15) is 9.30 Å². The molecule has 10 heteroatoms. The van der Waals surface area contributed by atoms with Crippen molar-refractivity contribution < 1.29 is 17.9 Å². The van der Waals surface area contributed by atoms with Crippen molar-refractivity contribution in [2.75, 3.05) is 26.3 Å². The first-order chi connectivity index (χ1) is 15.9. The SMILES string of the molecule is CCOCCn1c(=NC(=O)c2ccc(S(=O)(=O)N3CCCCC3)cc2)sc2cccc(Cl)c21. The van der Waals surface area contributed by atoms with E-state index in [9.17, 15) is 13.2 Å². The van der Waals surface area contributed by atoms with Gasteiger partial charge in [-0.3, -0.25) is 4.79 Å². The van der Waals surface area contributed by atoms with Crippen molar-refractivity contribution >= 4 is 49.1 Å². The van der Waals surface area contributed by atoms with E-state index in [0.29, 0.717) is 48.2 Å². The quantitative estimate of drug-likeness (QED) is 0.446. The van der Waals surface area contributed by atoms with E-state index in [0.717, 1.165) is 29.5 Å². The van der Waals surface area contributed by atoms with Gasteiger partial charge in [-0.05, 0) is 56.2 Å². The van der Waals surface area contributed by atoms with Crippen LogP contribution in [0.15, 0.2) is 52.4 Å². The Morgan fingerprint density at radius 1 is 1.12 bits per heavy atom. The molecule has 0 unspecified atom stereocenters. The molecule has 4 rings (SSSR count). The van der Waals surface area contributed by atoms with E-state index in [1.807, 2.05) is 23.6 Å². The Morgan fingerprint density at radius 3 is 2.55 bits per heavy atom. The Morgan fingerprint density at radius 2 is 1.85 bits per heavy atom. The number of piperidine rings is 1. The molecule has 33 heavy (non-hydrogen) atoms. The molecular weight excluding hydrogens is 482 g/mol. The van der Waals surface area contributed by atoms with E-state index in [1.54, 1.807) is 6.07 Å². The lowest BCUT2D eigenvalue weighted by Gasteiger charge is -2.25. The average Bonchev–Trinajstić information content (AvgIpc) is 3.18. The number of benzene rings is 2. The lowest BCUT2D eigenvalue weighted by Crippen LogP contribution is -2.35. The highest BCUT2D eigenvalue weighted by Crippen LogP contribution is 2.25. The van der Waals surface area contributed by atoms with Gasteiger partial charge in [0.05, 0.1) is 26.7 Å². The summed E-state index contributed by atoms with van der Waals surface area (Å²) < 4.78 is 35.5. The number of aromatic nitrogens is 1. The van der Waals surface area contributed by atoms with Gasteiger partial charge in [0.25, 0.3) is 5.91 Å². The van der Waals surface area contributed by atoms with Crippen LogP contribution >= 0.6 is 22.9 Å². The third kappa shape index (κ3) is 5.22. The molecule has 7 nitrogen and oxygen atoms in total. The summed E-state index contributed by atoms with van der Waals surface area (Å²) in [6.45, 7) is 4.57. The normalized spacial score (nSPS) is 15.9. The second-order valence-corrected chi connectivity index (χ2v) is 11.1. The summed E-state index contributed by atoms with van der Waals surface area (Å²) >= 11 is 7.80. The molecule has 0 aliphatic carbocycles. The molecule has 1 aliphatic heterocycles. The number of para-hydroxylation sites is 1. The smallest absolute Gasteiger partial charge is 0.279 e. The molecule has 0 spiro atoms. The molecule has 0 saturated carbocycles. The molecule has 0 bridgehead atoms. The number of hydrogen-bond acceptors (Lipinski definition) is 5. The minimum absolute atomic E-state index is 0.196. The number of carbonyl (C=O) groups is 1. The Labute approximate surface area is 202 Å². The molecule has 176 valence electrons. The van der Waals surface area contributed by atoms with Gasteiger partial charge in [0.2, 0.25) is 10.0 Å². The summed E-state index contributed by atoms with van der Waals surface area (Å²) in [5.41, 5.74) is 1.14. The molecule has 1 aromatic heterocycles. The molecule has 0 radical (unpaired) electrons. The second-order valence-electron chi connectivity index (χ2n) is 7.73. The summed E-state index contributed by atoms with van der Waals surface area (Å²) in [6.07, 6.45) is 2.79. The lowest BCUT2D eigenvalue weighted by atomic mass is 10.2. The highest BCUT2D eigenvalue weighted by molar-refractivity contribution is 7.89. The summed E-state index contributed by atoms with van der Waals surface area (Å²) in [5.74, 6) is -0.440. The fourth-order valence-electron chi connectivity index (χ4n) is 3.85. The van der Waals surface area contributed by atoms with Gasteiger partial charge in [-0.15, -0.1) is 0 Å². The van der Waals surface area contributed by atoms with Crippen LogP contribution in [0, 0.1) is 0 Å². The van der Waals surface area contributed by atoms with Gasteiger partial charge >= 0.3 is 0 Å². The van der Waals surface area contributed by atoms with Crippen molar-refractivity contribution in [3.63, 3.8) is 0 Å². The maximum Gasteiger partial charge on any atom is 0.279 e. The highest BCUT2D eigenvalue weighted by Gasteiger charge is 2.26. The lowest BCUT2D eigenvalue weighted by molar-refractivity contribution is 0.0996. The molecule has 1 fully saturated rings. The maximum atomic E-state index is 12.9. The van der Waals surface area contributed by atoms with E-state index < -0.39 is 15.9 Å². The molecular formula is C23H26ClN3O4S2. The topological polar surface area (TPSA) is 81.0 Å². The van der Waals surface area contributed by atoms with E-state index >= 15 is 0 Å². The van der Waals surface area contributed by atoms with Crippen molar-refractivity contribution in [2.45, 2.75) is 37.6 Å². The summed E-state index contributed by atoms with van der Waals surface area (Å²) in [6, 6.07) is 11.6. The average molecular weight is 508 g/mol. The molecule has 0 N–H and O–H groups in total. The first-order valence-electron chi connectivity index (χ1n) is 11.0. The Balaban J connectivity index is 1.64. The van der Waals surface area contributed by atoms with Crippen LogP contribution in [0.25, 0.3) is 10.2 Å². The first-order valence-corrected chi connectivity index (χ1v) is 13.6. The monoisotopic (exact) mass is 507 g/mol. The van der Waals surface area contributed by atoms with Crippen LogP contribution in [0.4, 0.5) is 0 Å². The van der Waals surface area contributed by atoms with Crippen molar-refractivity contribution in [3.8, 4) is 0 Å². The number of rotatable bonds is 7. The van der Waals surface area contributed by atoms with Crippen LogP contribution in [0.1, 0.15) is 36.5 Å². The van der Waals surface area contributed by atoms with Crippen LogP contribution in [-0.4, -0.2) is 49.5 Å². The predicted molar refractivity (Wildman–Crippen MR) is 130 cm³/mol. The number of fused-ring (bicyclic) bond motifs is 1. The minimum atomic E-state index is -3.54. The van der Waals surface area contributed by atoms with Gasteiger partial charge < -0.3 is 9.30 Å². The number of ether oxygens (including phenoxy) is 1. The minimum Gasteiger partial charge on any atom is -0.380 e. The molecule has 1 amide bonds. The first kappa shape index (κ1) is 24.1. The number of nitrogens with zero attached hydrogens (tertiary/aromatic N) is 3. The summed E-state index contributed by atoms with van der Waals surface area (Å²) in [7, 11) is -3.54. The molecule has 2 aromatic carbocycles. The Kier molecular flexibility index (Phi) is 7.65. The van der Waals surface area contributed by atoms with E-state index in [4.69, 9.17) is 16.3 Å². The second kappa shape index (κ2) is 10.5. The molecule has 3 aromatic rings. The zero-order chi connectivity index (χ0) is 23.4. The third-order valence-corrected chi connectivity index (χ3v) is 8.83. The standard InChI is InChI=1S/C23H26ClN3O4S2/c1-2-31-16-15-27-21-19(24)7-6-8-20(21)32-23(27)25-22(28)17-9-11-18(12-10-17)33(29,30)26-13-4-3-5-14-26/h6-12H,2-5,13-16H2,1H3. The third-order valence-electron chi connectivity index (χ3n) is 5.57. The zero-order valence-electron chi connectivity index (χ0n) is 18.4. The van der Waals surface area contributed by atoms with Gasteiger partial charge in [0.15, 0.2) is 4.80 Å². The van der Waals surface area contributed by atoms with E-state index in [1.165, 1.54) is 39.9 Å². The van der Waals surface area contributed by atoms with Crippen LogP contribution in [0.3, 0.4) is 0 Å². The van der Waals surface area contributed by atoms with Crippen LogP contribution < -0.4 is 4.80 Å². The van der Waals surface area contributed by atoms with Gasteiger partial charge in [0.1, 0.15) is 0 Å². The largest absolute Gasteiger partial charge is 0.380 e. The number of amides is 1. The van der Waals surface area contributed by atoms with Gasteiger partial charge in [0, 0.05) is 31.8 Å². The van der Waals surface area contributed by atoms with Crippen molar-refractivity contribution in [1.29, 1.82) is 0 Å². The van der Waals surface area contributed by atoms with Gasteiger partial charge in [-0.25, -0.2) is 8.42 Å². The van der Waals surface area contributed by atoms with Gasteiger partial charge in [-0.1, -0.05) is 35.4 Å². The number of hydrogen-bond donors (Lipinski definition) is 0. The fraction of sp³-hybridized carbons (Fsp3) is 0.391. The van der Waals surface area contributed by atoms with Crippen LogP contribution in [-0.2, 0) is 21.3 Å². The zero-order valence-corrected chi connectivity index (χ0v) is 20.8. The number of halogens is 1. The summed E-state index contributed by atoms with van der Waals surface area (Å²) in [4.78, 5) is 18.0. The fourth-order valence-corrected chi connectivity index (χ4v) is 6.79. The summed E-state index contributed by atoms with van der Waals surface area (Å²) in [5, 5.41) is 0.585. The van der Waals surface area contributed by atoms with Crippen LogP contribution in [0.5, 0.6) is 0 Å². The van der Waals surface area contributed by atoms with E-state index in [2.05, 4.69) is 4.99 Å². The Bertz CT molecular complexity index is 1310. The number of carbonyl (C=O) groups excluding carboxylic acids is 1. The van der Waals surface area contributed by atoms with Crippen LogP contribution in [0.2, 0.25) is 5.02 Å². The van der Waals surface area contributed by atoms with E-state index in [-0.39, 0.29) is 4.90 Å². The number of thiazole rings is 1. The Hall–Kier alpha value is -2.04. The molecule has 1 aliphatic rings. The van der Waals surface area contributed by atoms with Crippen molar-refractivity contribution in [3.05, 3.63) is 57.9 Å².